The van der Waals surface area contributed by atoms with Crippen molar-refractivity contribution in [1.82, 2.24) is 0 Å². The summed E-state index contributed by atoms with van der Waals surface area (Å²) in [4.78, 5) is 0. The summed E-state index contributed by atoms with van der Waals surface area (Å²) in [7, 11) is 1.90. The maximum atomic E-state index is 14.3. The molecule has 3 aromatic rings. The fraction of sp³-hybridized carbons (Fsp3) is 0.160. The van der Waals surface area contributed by atoms with Gasteiger partial charge in [0.15, 0.2) is 11.5 Å². The van der Waals surface area contributed by atoms with Crippen LogP contribution in [0.15, 0.2) is 84.7 Å². The Morgan fingerprint density at radius 1 is 0.897 bits per heavy atom. The highest BCUT2D eigenvalue weighted by Crippen LogP contribution is 2.47. The minimum Gasteiger partial charge on any atom is -0.206 e. The molecule has 0 amide bonds. The number of benzene rings is 3. The van der Waals surface area contributed by atoms with Crippen molar-refractivity contribution in [2.45, 2.75) is 18.8 Å². The van der Waals surface area contributed by atoms with Crippen LogP contribution in [-0.2, 0) is 5.41 Å². The number of nitrogens with zero attached hydrogens (tertiary/aromatic N) is 1. The van der Waals surface area contributed by atoms with Gasteiger partial charge in [0.1, 0.15) is 7.05 Å². The highest BCUT2D eigenvalue weighted by atomic mass is 19.3. The van der Waals surface area contributed by atoms with E-state index in [0.717, 1.165) is 33.3 Å². The molecule has 3 aromatic carbocycles. The van der Waals surface area contributed by atoms with Crippen molar-refractivity contribution >= 4 is 28.2 Å². The van der Waals surface area contributed by atoms with E-state index in [1.165, 1.54) is 0 Å². The number of halogens is 3. The van der Waals surface area contributed by atoms with Gasteiger partial charge in [-0.2, -0.15) is 13.4 Å². The molecule has 29 heavy (non-hydrogen) atoms. The summed E-state index contributed by atoms with van der Waals surface area (Å²) < 4.78 is 42.4. The number of hydrogen-bond donors (Lipinski definition) is 0. The van der Waals surface area contributed by atoms with Gasteiger partial charge in [0, 0.05) is 24.1 Å². The van der Waals surface area contributed by atoms with Crippen LogP contribution in [0.2, 0.25) is 0 Å². The Bertz CT molecular complexity index is 1170. The largest absolute Gasteiger partial charge is 0.301 e. The molecular weight excluding hydrogens is 371 g/mol. The second kappa shape index (κ2) is 7.36. The number of hydrogen-bond acceptors (Lipinski definition) is 0. The Labute approximate surface area is 168 Å². The van der Waals surface area contributed by atoms with Crippen LogP contribution in [0.25, 0.3) is 16.8 Å². The van der Waals surface area contributed by atoms with Gasteiger partial charge in [0.25, 0.3) is 0 Å². The lowest BCUT2D eigenvalue weighted by Gasteiger charge is -2.22. The van der Waals surface area contributed by atoms with Crippen molar-refractivity contribution in [3.05, 3.63) is 95.8 Å². The third kappa shape index (κ3) is 3.29. The second-order valence-corrected chi connectivity index (χ2v) is 7.54. The van der Waals surface area contributed by atoms with E-state index in [4.69, 9.17) is 0 Å². The molecule has 0 fully saturated rings. The lowest BCUT2D eigenvalue weighted by atomic mass is 9.74. The van der Waals surface area contributed by atoms with Gasteiger partial charge in [-0.25, -0.2) is 4.39 Å². The maximum absolute atomic E-state index is 14.3. The van der Waals surface area contributed by atoms with Gasteiger partial charge in [-0.05, 0) is 35.4 Å². The molecule has 0 bridgehead atoms. The molecule has 0 radical (unpaired) electrons. The molecule has 1 aliphatic heterocycles. The van der Waals surface area contributed by atoms with E-state index < -0.39 is 23.7 Å². The van der Waals surface area contributed by atoms with Crippen LogP contribution in [0.3, 0.4) is 0 Å². The van der Waals surface area contributed by atoms with Gasteiger partial charge in [-0.15, -0.1) is 0 Å². The van der Waals surface area contributed by atoms with Crippen LogP contribution in [-0.4, -0.2) is 17.3 Å². The number of rotatable bonds is 4. The predicted molar refractivity (Wildman–Crippen MR) is 113 cm³/mol. The summed E-state index contributed by atoms with van der Waals surface area (Å²) in [6.07, 6.45) is 1.20. The Hall–Kier alpha value is -3.14. The molecule has 1 unspecified atom stereocenters. The van der Waals surface area contributed by atoms with Crippen molar-refractivity contribution in [3.8, 4) is 0 Å². The topological polar surface area (TPSA) is 3.01 Å². The van der Waals surface area contributed by atoms with Gasteiger partial charge >= 0.3 is 6.08 Å². The Kier molecular flexibility index (Phi) is 4.87. The van der Waals surface area contributed by atoms with Crippen LogP contribution in [0.4, 0.5) is 18.9 Å². The maximum Gasteiger partial charge on any atom is 0.301 e. The van der Waals surface area contributed by atoms with Crippen LogP contribution < -0.4 is 0 Å². The molecule has 0 spiro atoms. The summed E-state index contributed by atoms with van der Waals surface area (Å²) in [5.41, 5.74) is 2.63. The van der Waals surface area contributed by atoms with Crippen molar-refractivity contribution in [3.63, 3.8) is 0 Å². The van der Waals surface area contributed by atoms with Crippen molar-refractivity contribution in [1.29, 1.82) is 0 Å². The fourth-order valence-corrected chi connectivity index (χ4v) is 4.34. The van der Waals surface area contributed by atoms with Gasteiger partial charge < -0.3 is 0 Å². The van der Waals surface area contributed by atoms with E-state index in [1.54, 1.807) is 0 Å². The molecule has 4 heteroatoms. The standard InChI is InChI=1S/C25H21F3N/c1-25(16-20(26)24(27)28)22(15-12-17-8-4-3-5-9-17)29(2)21-14-13-18-10-6-7-11-19(18)23(21)25/h3-15H,16H2,1-2H3/q+1/b15-12+. The number of allylic oxidation sites excluding steroid dienone is 2. The molecule has 1 atom stereocenters. The highest BCUT2D eigenvalue weighted by Gasteiger charge is 2.48. The molecule has 0 N–H and O–H groups in total. The Balaban J connectivity index is 1.93. The lowest BCUT2D eigenvalue weighted by molar-refractivity contribution is -0.401. The molecule has 1 heterocycles. The monoisotopic (exact) mass is 392 g/mol. The van der Waals surface area contributed by atoms with Crippen LogP contribution in [0.5, 0.6) is 0 Å². The highest BCUT2D eigenvalue weighted by molar-refractivity contribution is 6.09. The van der Waals surface area contributed by atoms with Crippen molar-refractivity contribution in [2.75, 3.05) is 7.05 Å². The zero-order valence-electron chi connectivity index (χ0n) is 16.3. The smallest absolute Gasteiger partial charge is 0.206 e. The quantitative estimate of drug-likeness (QED) is 0.420. The average molecular weight is 392 g/mol. The molecule has 0 saturated carbocycles. The van der Waals surface area contributed by atoms with Crippen LogP contribution >= 0.6 is 0 Å². The Morgan fingerprint density at radius 2 is 1.59 bits per heavy atom. The third-order valence-corrected chi connectivity index (χ3v) is 5.69. The van der Waals surface area contributed by atoms with Gasteiger partial charge in [-0.3, -0.25) is 0 Å². The first-order chi connectivity index (χ1) is 13.9. The molecule has 1 aliphatic rings. The van der Waals surface area contributed by atoms with Crippen LogP contribution in [0, 0.1) is 0 Å². The molecule has 4 rings (SSSR count). The minimum absolute atomic E-state index is 0.394. The fourth-order valence-electron chi connectivity index (χ4n) is 4.34. The Morgan fingerprint density at radius 3 is 2.31 bits per heavy atom. The molecule has 0 aromatic heterocycles. The first-order valence-electron chi connectivity index (χ1n) is 9.48. The molecule has 0 aliphatic carbocycles. The zero-order chi connectivity index (χ0) is 20.6. The first kappa shape index (κ1) is 19.2. The SMILES string of the molecule is C[N+]1=C(/C=C/c2ccccc2)C(C)(CC(F)=C(F)F)c2c1ccc1ccccc21. The van der Waals surface area contributed by atoms with Crippen LogP contribution in [0.1, 0.15) is 24.5 Å². The normalized spacial score (nSPS) is 18.5. The third-order valence-electron chi connectivity index (χ3n) is 5.69. The van der Waals surface area contributed by atoms with Crippen molar-refractivity contribution < 1.29 is 17.7 Å². The number of fused-ring (bicyclic) bond motifs is 3. The van der Waals surface area contributed by atoms with E-state index in [-0.39, 0.29) is 0 Å². The van der Waals surface area contributed by atoms with E-state index in [2.05, 4.69) is 0 Å². The van der Waals surface area contributed by atoms with E-state index >= 15 is 0 Å². The minimum atomic E-state index is -2.26. The van der Waals surface area contributed by atoms with Gasteiger partial charge in [-0.1, -0.05) is 54.6 Å². The zero-order valence-corrected chi connectivity index (χ0v) is 16.3. The summed E-state index contributed by atoms with van der Waals surface area (Å²) >= 11 is 0. The average Bonchev–Trinajstić information content (AvgIpc) is 2.94. The van der Waals surface area contributed by atoms with Gasteiger partial charge in [0.2, 0.25) is 5.69 Å². The summed E-state index contributed by atoms with van der Waals surface area (Å²) in [6.45, 7) is 1.84. The summed E-state index contributed by atoms with van der Waals surface area (Å²) in [5, 5.41) is 1.96. The molecule has 146 valence electrons. The molecule has 1 nitrogen and oxygen atoms in total. The summed E-state index contributed by atoms with van der Waals surface area (Å²) in [5.74, 6) is -1.37. The molecule has 0 saturated heterocycles. The lowest BCUT2D eigenvalue weighted by Crippen LogP contribution is -2.31. The van der Waals surface area contributed by atoms with E-state index in [9.17, 15) is 13.2 Å². The van der Waals surface area contributed by atoms with Crippen molar-refractivity contribution in [2.24, 2.45) is 0 Å². The molecular formula is C25H21F3N+. The van der Waals surface area contributed by atoms with E-state index in [1.807, 2.05) is 97.4 Å². The van der Waals surface area contributed by atoms with Gasteiger partial charge in [0.05, 0.1) is 5.41 Å². The second-order valence-electron chi connectivity index (χ2n) is 7.54. The van der Waals surface area contributed by atoms with E-state index in [0.29, 0.717) is 0 Å². The summed E-state index contributed by atoms with van der Waals surface area (Å²) in [6, 6.07) is 21.5. The first-order valence-corrected chi connectivity index (χ1v) is 9.48. The predicted octanol–water partition coefficient (Wildman–Crippen LogP) is 7.01.